The Morgan fingerprint density at radius 1 is 1.32 bits per heavy atom. The van der Waals surface area contributed by atoms with Crippen LogP contribution in [-0.2, 0) is 17.4 Å². The predicted molar refractivity (Wildman–Crippen MR) is 78.4 cm³/mol. The maximum atomic E-state index is 12.9. The van der Waals surface area contributed by atoms with Crippen LogP contribution in [0.2, 0.25) is 0 Å². The molecule has 1 aliphatic rings. The summed E-state index contributed by atoms with van der Waals surface area (Å²) in [7, 11) is 0. The fourth-order valence-electron chi connectivity index (χ4n) is 2.77. The van der Waals surface area contributed by atoms with Crippen molar-refractivity contribution in [1.82, 2.24) is 10.6 Å². The Morgan fingerprint density at radius 3 is 2.77 bits per heavy atom. The molecule has 6 heteroatoms. The monoisotopic (exact) mass is 314 g/mol. The molecule has 1 saturated heterocycles. The van der Waals surface area contributed by atoms with Crippen LogP contribution in [0.25, 0.3) is 0 Å². The molecule has 122 valence electrons. The first-order chi connectivity index (χ1) is 10.5. The van der Waals surface area contributed by atoms with Crippen LogP contribution in [0.15, 0.2) is 24.3 Å². The van der Waals surface area contributed by atoms with Crippen molar-refractivity contribution in [2.24, 2.45) is 5.92 Å². The number of carbonyl (C=O) groups is 1. The normalized spacial score (nSPS) is 19.0. The Morgan fingerprint density at radius 2 is 2.09 bits per heavy atom. The van der Waals surface area contributed by atoms with Crippen LogP contribution in [0.5, 0.6) is 0 Å². The van der Waals surface area contributed by atoms with Gasteiger partial charge < -0.3 is 10.6 Å². The van der Waals surface area contributed by atoms with E-state index in [2.05, 4.69) is 10.6 Å². The quantitative estimate of drug-likeness (QED) is 0.877. The van der Waals surface area contributed by atoms with Gasteiger partial charge in [0.1, 0.15) is 0 Å². The van der Waals surface area contributed by atoms with E-state index >= 15 is 0 Å². The number of halogens is 3. The molecule has 2 rings (SSSR count). The number of rotatable bonds is 5. The lowest BCUT2D eigenvalue weighted by atomic mass is 9.96. The second kappa shape index (κ2) is 7.63. The third-order valence-corrected chi connectivity index (χ3v) is 3.95. The van der Waals surface area contributed by atoms with Gasteiger partial charge in [-0.15, -0.1) is 0 Å². The number of amides is 1. The molecule has 3 nitrogen and oxygen atoms in total. The molecule has 0 aliphatic carbocycles. The number of benzene rings is 1. The zero-order chi connectivity index (χ0) is 16.0. The average molecular weight is 314 g/mol. The van der Waals surface area contributed by atoms with E-state index in [4.69, 9.17) is 0 Å². The Bertz CT molecular complexity index is 496. The first kappa shape index (κ1) is 16.8. The van der Waals surface area contributed by atoms with Crippen molar-refractivity contribution in [3.8, 4) is 0 Å². The molecule has 0 bridgehead atoms. The summed E-state index contributed by atoms with van der Waals surface area (Å²) in [5.74, 6) is 0.178. The van der Waals surface area contributed by atoms with Crippen molar-refractivity contribution in [2.45, 2.75) is 31.9 Å². The van der Waals surface area contributed by atoms with Gasteiger partial charge in [-0.05, 0) is 49.9 Å². The van der Waals surface area contributed by atoms with Gasteiger partial charge in [0.2, 0.25) is 5.91 Å². The van der Waals surface area contributed by atoms with Crippen molar-refractivity contribution in [3.05, 3.63) is 35.4 Å². The van der Waals surface area contributed by atoms with E-state index in [0.29, 0.717) is 12.5 Å². The highest BCUT2D eigenvalue weighted by atomic mass is 19.4. The van der Waals surface area contributed by atoms with E-state index in [1.54, 1.807) is 0 Å². The van der Waals surface area contributed by atoms with Crippen LogP contribution in [0.4, 0.5) is 13.2 Å². The van der Waals surface area contributed by atoms with E-state index in [-0.39, 0.29) is 17.9 Å². The number of hydrogen-bond donors (Lipinski definition) is 2. The zero-order valence-corrected chi connectivity index (χ0v) is 12.4. The van der Waals surface area contributed by atoms with Gasteiger partial charge in [0, 0.05) is 6.54 Å². The molecule has 0 saturated carbocycles. The minimum absolute atomic E-state index is 0.0202. The highest BCUT2D eigenvalue weighted by Gasteiger charge is 2.33. The van der Waals surface area contributed by atoms with Crippen molar-refractivity contribution in [3.63, 3.8) is 0 Å². The molecule has 2 N–H and O–H groups in total. The van der Waals surface area contributed by atoms with E-state index in [1.807, 2.05) is 0 Å². The Labute approximate surface area is 128 Å². The second-order valence-electron chi connectivity index (χ2n) is 5.68. The number of hydrogen-bond acceptors (Lipinski definition) is 2. The fourth-order valence-corrected chi connectivity index (χ4v) is 2.77. The van der Waals surface area contributed by atoms with Crippen LogP contribution in [0.1, 0.15) is 30.4 Å². The molecule has 0 aromatic heterocycles. The summed E-state index contributed by atoms with van der Waals surface area (Å²) in [5.41, 5.74) is -0.714. The first-order valence-electron chi connectivity index (χ1n) is 7.59. The van der Waals surface area contributed by atoms with E-state index in [0.717, 1.165) is 38.4 Å². The Hall–Kier alpha value is -1.56. The van der Waals surface area contributed by atoms with Crippen molar-refractivity contribution in [1.29, 1.82) is 0 Å². The van der Waals surface area contributed by atoms with Crippen molar-refractivity contribution < 1.29 is 18.0 Å². The van der Waals surface area contributed by atoms with Crippen molar-refractivity contribution >= 4 is 5.91 Å². The molecule has 1 heterocycles. The molecule has 0 spiro atoms. The number of alkyl halides is 3. The lowest BCUT2D eigenvalue weighted by Gasteiger charge is -2.22. The van der Waals surface area contributed by atoms with Crippen molar-refractivity contribution in [2.75, 3.05) is 19.6 Å². The lowest BCUT2D eigenvalue weighted by molar-refractivity contribution is -0.138. The maximum Gasteiger partial charge on any atom is 0.416 e. The molecular weight excluding hydrogens is 293 g/mol. The van der Waals surface area contributed by atoms with Gasteiger partial charge in [-0.2, -0.15) is 13.2 Å². The van der Waals surface area contributed by atoms with E-state index in [1.165, 1.54) is 18.2 Å². The molecule has 1 fully saturated rings. The topological polar surface area (TPSA) is 41.1 Å². The average Bonchev–Trinajstić information content (AvgIpc) is 2.48. The van der Waals surface area contributed by atoms with Gasteiger partial charge in [0.05, 0.1) is 12.0 Å². The summed E-state index contributed by atoms with van der Waals surface area (Å²) in [6, 6.07) is 5.22. The van der Waals surface area contributed by atoms with Crippen LogP contribution in [0, 0.1) is 5.92 Å². The SMILES string of the molecule is O=C(Cc1ccccc1C(F)(F)F)NCCC1CCCNC1. The van der Waals surface area contributed by atoms with Crippen LogP contribution in [0.3, 0.4) is 0 Å². The molecule has 0 radical (unpaired) electrons. The van der Waals surface area contributed by atoms with Gasteiger partial charge in [0.15, 0.2) is 0 Å². The molecule has 1 unspecified atom stereocenters. The molecule has 1 aliphatic heterocycles. The third kappa shape index (κ3) is 5.02. The van der Waals surface area contributed by atoms with E-state index < -0.39 is 11.7 Å². The summed E-state index contributed by atoms with van der Waals surface area (Å²) < 4.78 is 38.6. The van der Waals surface area contributed by atoms with E-state index in [9.17, 15) is 18.0 Å². The van der Waals surface area contributed by atoms with Crippen LogP contribution in [-0.4, -0.2) is 25.5 Å². The molecule has 1 aromatic carbocycles. The molecule has 1 aromatic rings. The highest BCUT2D eigenvalue weighted by molar-refractivity contribution is 5.78. The fraction of sp³-hybridized carbons (Fsp3) is 0.562. The number of piperidine rings is 1. The molecule has 22 heavy (non-hydrogen) atoms. The summed E-state index contributed by atoms with van der Waals surface area (Å²) in [6.07, 6.45) is -1.53. The van der Waals surface area contributed by atoms with Gasteiger partial charge >= 0.3 is 6.18 Å². The van der Waals surface area contributed by atoms with Gasteiger partial charge in [-0.1, -0.05) is 18.2 Å². The smallest absolute Gasteiger partial charge is 0.356 e. The summed E-state index contributed by atoms with van der Waals surface area (Å²) in [6.45, 7) is 2.50. The summed E-state index contributed by atoms with van der Waals surface area (Å²) in [4.78, 5) is 11.8. The predicted octanol–water partition coefficient (Wildman–Crippen LogP) is 2.75. The summed E-state index contributed by atoms with van der Waals surface area (Å²) >= 11 is 0. The maximum absolute atomic E-state index is 12.9. The summed E-state index contributed by atoms with van der Waals surface area (Å²) in [5, 5.41) is 6.02. The third-order valence-electron chi connectivity index (χ3n) is 3.95. The number of nitrogens with one attached hydrogen (secondary N) is 2. The lowest BCUT2D eigenvalue weighted by Crippen LogP contribution is -2.33. The standard InChI is InChI=1S/C16H21F3N2O/c17-16(18,19)14-6-2-1-5-13(14)10-15(22)21-9-7-12-4-3-8-20-11-12/h1-2,5-6,12,20H,3-4,7-11H2,(H,21,22). The minimum Gasteiger partial charge on any atom is -0.356 e. The van der Waals surface area contributed by atoms with Gasteiger partial charge in [-0.3, -0.25) is 4.79 Å². The van der Waals surface area contributed by atoms with Gasteiger partial charge in [0.25, 0.3) is 0 Å². The second-order valence-corrected chi connectivity index (χ2v) is 5.68. The highest BCUT2D eigenvalue weighted by Crippen LogP contribution is 2.31. The van der Waals surface area contributed by atoms with Gasteiger partial charge in [-0.25, -0.2) is 0 Å². The molecular formula is C16H21F3N2O. The largest absolute Gasteiger partial charge is 0.416 e. The number of carbonyl (C=O) groups excluding carboxylic acids is 1. The Balaban J connectivity index is 1.82. The zero-order valence-electron chi connectivity index (χ0n) is 12.4. The van der Waals surface area contributed by atoms with Crippen LogP contribution < -0.4 is 10.6 Å². The first-order valence-corrected chi connectivity index (χ1v) is 7.59. The van der Waals surface area contributed by atoms with Crippen LogP contribution >= 0.6 is 0 Å². The minimum atomic E-state index is -4.43. The molecule has 1 amide bonds. The molecule has 1 atom stereocenters. The Kier molecular flexibility index (Phi) is 5.83.